The second-order valence-corrected chi connectivity index (χ2v) is 9.69. The third-order valence-electron chi connectivity index (χ3n) is 6.00. The second kappa shape index (κ2) is 8.75. The van der Waals surface area contributed by atoms with E-state index in [-0.39, 0.29) is 17.2 Å². The molecule has 5 rings (SSSR count). The molecule has 10 nitrogen and oxygen atoms in total. The summed E-state index contributed by atoms with van der Waals surface area (Å²) in [5, 5.41) is 13.2. The van der Waals surface area contributed by atoms with Gasteiger partial charge in [0, 0.05) is 36.7 Å². The minimum absolute atomic E-state index is 0.119. The number of rotatable bonds is 6. The number of hydrogen-bond donors (Lipinski definition) is 1. The van der Waals surface area contributed by atoms with E-state index in [1.54, 1.807) is 0 Å². The molecule has 1 unspecified atom stereocenters. The molecule has 2 aliphatic rings. The zero-order chi connectivity index (χ0) is 23.0. The molecule has 1 N–H and O–H groups in total. The van der Waals surface area contributed by atoms with Crippen molar-refractivity contribution in [3.05, 3.63) is 39.9 Å². The summed E-state index contributed by atoms with van der Waals surface area (Å²) in [5.41, 5.74) is 1.05. The number of benzene rings is 1. The normalized spacial score (nSPS) is 18.4. The number of aromatic nitrogens is 5. The number of nitrogens with one attached hydrogen (secondary N) is 1. The first kappa shape index (κ1) is 21.8. The van der Waals surface area contributed by atoms with Crippen molar-refractivity contribution in [1.82, 2.24) is 30.1 Å². The van der Waals surface area contributed by atoms with E-state index in [4.69, 9.17) is 14.2 Å². The monoisotopic (exact) mass is 454 g/mol. The molecule has 0 spiro atoms. The Balaban J connectivity index is 1.45. The summed E-state index contributed by atoms with van der Waals surface area (Å²) in [4.78, 5) is 18.2. The summed E-state index contributed by atoms with van der Waals surface area (Å²) in [5.74, 6) is 2.12. The molecule has 33 heavy (non-hydrogen) atoms. The third-order valence-corrected chi connectivity index (χ3v) is 6.00. The Bertz CT molecular complexity index is 1190. The van der Waals surface area contributed by atoms with E-state index in [1.807, 2.05) is 22.9 Å². The van der Waals surface area contributed by atoms with Crippen LogP contribution in [-0.4, -0.2) is 62.6 Å². The molecular formula is C23H30N6O4. The van der Waals surface area contributed by atoms with Crippen molar-refractivity contribution in [3.8, 4) is 11.5 Å². The van der Waals surface area contributed by atoms with Crippen molar-refractivity contribution in [2.75, 3.05) is 26.4 Å². The van der Waals surface area contributed by atoms with Gasteiger partial charge in [-0.05, 0) is 56.2 Å². The quantitative estimate of drug-likeness (QED) is 0.604. The van der Waals surface area contributed by atoms with Crippen molar-refractivity contribution < 1.29 is 14.2 Å². The van der Waals surface area contributed by atoms with Gasteiger partial charge in [-0.2, -0.15) is 0 Å². The molecule has 4 heterocycles. The van der Waals surface area contributed by atoms with Crippen LogP contribution in [0.1, 0.15) is 45.0 Å². The predicted octanol–water partition coefficient (Wildman–Crippen LogP) is 2.22. The highest BCUT2D eigenvalue weighted by molar-refractivity contribution is 5.83. The average Bonchev–Trinajstić information content (AvgIpc) is 3.45. The fourth-order valence-corrected chi connectivity index (χ4v) is 4.43. The van der Waals surface area contributed by atoms with Crippen LogP contribution in [0, 0.1) is 0 Å². The van der Waals surface area contributed by atoms with Gasteiger partial charge in [-0.1, -0.05) is 0 Å². The molecule has 2 aromatic heterocycles. The summed E-state index contributed by atoms with van der Waals surface area (Å²) in [6.07, 6.45) is 2.21. The standard InChI is InChI=1S/C23H30N6O4/c1-23(2,3)29-21(25-26-27-29)14-28(13-17-5-4-6-31-17)12-16-9-15-10-19-20(33-8-7-32-19)11-18(15)24-22(16)30/h9-11,17H,4-8,12-14H2,1-3H3,(H,24,30). The van der Waals surface area contributed by atoms with Gasteiger partial charge in [0.15, 0.2) is 17.3 Å². The highest BCUT2D eigenvalue weighted by Crippen LogP contribution is 2.33. The summed E-state index contributed by atoms with van der Waals surface area (Å²) in [6.45, 7) is 9.68. The lowest BCUT2D eigenvalue weighted by atomic mass is 10.1. The molecule has 0 bridgehead atoms. The number of aromatic amines is 1. The van der Waals surface area contributed by atoms with Crippen LogP contribution < -0.4 is 15.0 Å². The molecule has 1 aromatic carbocycles. The molecule has 0 aliphatic carbocycles. The molecule has 0 radical (unpaired) electrons. The molecule has 176 valence electrons. The van der Waals surface area contributed by atoms with Crippen molar-refractivity contribution >= 4 is 10.9 Å². The lowest BCUT2D eigenvalue weighted by Gasteiger charge is -2.26. The van der Waals surface area contributed by atoms with Crippen molar-refractivity contribution in [1.29, 1.82) is 0 Å². The highest BCUT2D eigenvalue weighted by atomic mass is 16.6. The smallest absolute Gasteiger partial charge is 0.252 e. The zero-order valence-corrected chi connectivity index (χ0v) is 19.3. The van der Waals surface area contributed by atoms with E-state index in [0.717, 1.165) is 36.2 Å². The number of hydrogen-bond acceptors (Lipinski definition) is 8. The summed E-state index contributed by atoms with van der Waals surface area (Å²) in [6, 6.07) is 5.69. The first-order chi connectivity index (χ1) is 15.9. The maximum atomic E-state index is 13.0. The fraction of sp³-hybridized carbons (Fsp3) is 0.565. The number of fused-ring (bicyclic) bond motifs is 2. The van der Waals surface area contributed by atoms with E-state index in [2.05, 4.69) is 46.2 Å². The molecule has 1 atom stereocenters. The Morgan fingerprint density at radius 2 is 1.91 bits per heavy atom. The summed E-state index contributed by atoms with van der Waals surface area (Å²) in [7, 11) is 0. The Morgan fingerprint density at radius 1 is 1.12 bits per heavy atom. The molecule has 1 fully saturated rings. The molecule has 1 saturated heterocycles. The van der Waals surface area contributed by atoms with Gasteiger partial charge in [0.05, 0.1) is 23.7 Å². The van der Waals surface area contributed by atoms with Crippen LogP contribution in [0.15, 0.2) is 23.0 Å². The first-order valence-electron chi connectivity index (χ1n) is 11.4. The minimum Gasteiger partial charge on any atom is -0.486 e. The Hall–Kier alpha value is -2.98. The Labute approximate surface area is 191 Å². The van der Waals surface area contributed by atoms with Crippen molar-refractivity contribution in [3.63, 3.8) is 0 Å². The molecule has 3 aromatic rings. The van der Waals surface area contributed by atoms with Crippen LogP contribution in [0.5, 0.6) is 11.5 Å². The molecule has 10 heteroatoms. The van der Waals surface area contributed by atoms with Crippen molar-refractivity contribution in [2.45, 2.75) is 58.3 Å². The summed E-state index contributed by atoms with van der Waals surface area (Å²) >= 11 is 0. The van der Waals surface area contributed by atoms with E-state index < -0.39 is 0 Å². The van der Waals surface area contributed by atoms with Gasteiger partial charge < -0.3 is 19.2 Å². The third kappa shape index (κ3) is 4.72. The van der Waals surface area contributed by atoms with Crippen LogP contribution in [0.2, 0.25) is 0 Å². The van der Waals surface area contributed by atoms with Crippen LogP contribution in [0.3, 0.4) is 0 Å². The Kier molecular flexibility index (Phi) is 5.79. The number of pyridine rings is 1. The predicted molar refractivity (Wildman–Crippen MR) is 121 cm³/mol. The lowest BCUT2D eigenvalue weighted by molar-refractivity contribution is 0.0657. The number of H-pyrrole nitrogens is 1. The maximum absolute atomic E-state index is 13.0. The zero-order valence-electron chi connectivity index (χ0n) is 19.3. The van der Waals surface area contributed by atoms with Gasteiger partial charge in [-0.25, -0.2) is 4.68 Å². The fourth-order valence-electron chi connectivity index (χ4n) is 4.43. The van der Waals surface area contributed by atoms with Gasteiger partial charge in [0.1, 0.15) is 13.2 Å². The first-order valence-corrected chi connectivity index (χ1v) is 11.4. The van der Waals surface area contributed by atoms with E-state index >= 15 is 0 Å². The highest BCUT2D eigenvalue weighted by Gasteiger charge is 2.25. The Morgan fingerprint density at radius 3 is 2.64 bits per heavy atom. The van der Waals surface area contributed by atoms with E-state index in [0.29, 0.717) is 49.9 Å². The van der Waals surface area contributed by atoms with Crippen LogP contribution in [-0.2, 0) is 23.4 Å². The average molecular weight is 455 g/mol. The van der Waals surface area contributed by atoms with Crippen molar-refractivity contribution in [2.24, 2.45) is 0 Å². The number of nitrogens with zero attached hydrogens (tertiary/aromatic N) is 5. The molecule has 0 amide bonds. The topological polar surface area (TPSA) is 107 Å². The van der Waals surface area contributed by atoms with Crippen LogP contribution >= 0.6 is 0 Å². The van der Waals surface area contributed by atoms with Gasteiger partial charge >= 0.3 is 0 Å². The second-order valence-electron chi connectivity index (χ2n) is 9.69. The minimum atomic E-state index is -0.240. The van der Waals surface area contributed by atoms with Gasteiger partial charge in [-0.15, -0.1) is 5.10 Å². The molecule has 2 aliphatic heterocycles. The molecular weight excluding hydrogens is 424 g/mol. The molecule has 0 saturated carbocycles. The van der Waals surface area contributed by atoms with Gasteiger partial charge in [0.2, 0.25) is 0 Å². The SMILES string of the molecule is CC(C)(C)n1nnnc1CN(Cc1cc2cc3c(cc2[nH]c1=O)OCCO3)CC1CCCO1. The summed E-state index contributed by atoms with van der Waals surface area (Å²) < 4.78 is 19.1. The maximum Gasteiger partial charge on any atom is 0.252 e. The number of ether oxygens (including phenoxy) is 3. The van der Waals surface area contributed by atoms with Gasteiger partial charge in [0.25, 0.3) is 5.56 Å². The van der Waals surface area contributed by atoms with Crippen LogP contribution in [0.4, 0.5) is 0 Å². The number of tetrazole rings is 1. The van der Waals surface area contributed by atoms with Crippen LogP contribution in [0.25, 0.3) is 10.9 Å². The van der Waals surface area contributed by atoms with E-state index in [1.165, 1.54) is 0 Å². The largest absolute Gasteiger partial charge is 0.486 e. The lowest BCUT2D eigenvalue weighted by Crippen LogP contribution is -2.35. The van der Waals surface area contributed by atoms with Gasteiger partial charge in [-0.3, -0.25) is 9.69 Å². The van der Waals surface area contributed by atoms with E-state index in [9.17, 15) is 4.79 Å².